The molecular formula is C5H14ClNO4S. The summed E-state index contributed by atoms with van der Waals surface area (Å²) in [6.07, 6.45) is 0. The van der Waals surface area contributed by atoms with E-state index in [1.54, 1.807) is 0 Å². The van der Waals surface area contributed by atoms with E-state index in [0.717, 1.165) is 0 Å². The van der Waals surface area contributed by atoms with Gasteiger partial charge in [-0.15, -0.1) is 11.6 Å². The summed E-state index contributed by atoms with van der Waals surface area (Å²) in [5.41, 5.74) is 0. The van der Waals surface area contributed by atoms with Gasteiger partial charge >= 0.3 is 10.4 Å². The Morgan fingerprint density at radius 1 is 1.42 bits per heavy atom. The minimum Gasteiger partial charge on any atom is -0.306 e. The van der Waals surface area contributed by atoms with E-state index < -0.39 is 10.4 Å². The van der Waals surface area contributed by atoms with E-state index in [9.17, 15) is 0 Å². The molecule has 0 saturated carbocycles. The molecule has 0 aliphatic rings. The zero-order chi connectivity index (χ0) is 10.4. The van der Waals surface area contributed by atoms with Crippen molar-refractivity contribution in [3.63, 3.8) is 0 Å². The van der Waals surface area contributed by atoms with Crippen LogP contribution in [0.5, 0.6) is 0 Å². The van der Waals surface area contributed by atoms with Crippen LogP contribution >= 0.6 is 11.6 Å². The SMILES string of the molecule is CC(CCl)N(C)C.O=S(=O)(O)O. The van der Waals surface area contributed by atoms with Gasteiger partial charge in [-0.2, -0.15) is 8.42 Å². The van der Waals surface area contributed by atoms with Gasteiger partial charge in [0.05, 0.1) is 0 Å². The highest BCUT2D eigenvalue weighted by Gasteiger charge is 1.98. The van der Waals surface area contributed by atoms with Gasteiger partial charge in [0.2, 0.25) is 0 Å². The molecule has 0 aromatic rings. The second kappa shape index (κ2) is 6.62. The topological polar surface area (TPSA) is 77.8 Å². The number of halogens is 1. The van der Waals surface area contributed by atoms with Crippen molar-refractivity contribution in [2.24, 2.45) is 0 Å². The minimum atomic E-state index is -4.67. The molecule has 5 nitrogen and oxygen atoms in total. The fourth-order valence-electron chi connectivity index (χ4n) is 0.138. The van der Waals surface area contributed by atoms with Crippen molar-refractivity contribution in [1.82, 2.24) is 4.90 Å². The van der Waals surface area contributed by atoms with Gasteiger partial charge in [0.25, 0.3) is 0 Å². The van der Waals surface area contributed by atoms with Gasteiger partial charge in [0.15, 0.2) is 0 Å². The highest BCUT2D eigenvalue weighted by molar-refractivity contribution is 7.79. The Labute approximate surface area is 77.9 Å². The predicted octanol–water partition coefficient (Wildman–Crippen LogP) is 0.523. The molecule has 1 atom stereocenters. The third-order valence-corrected chi connectivity index (χ3v) is 1.55. The summed E-state index contributed by atoms with van der Waals surface area (Å²) in [6, 6.07) is 0.502. The van der Waals surface area contributed by atoms with Crippen molar-refractivity contribution in [3.8, 4) is 0 Å². The molecule has 0 amide bonds. The van der Waals surface area contributed by atoms with Gasteiger partial charge in [0.1, 0.15) is 0 Å². The highest BCUT2D eigenvalue weighted by atomic mass is 35.5. The van der Waals surface area contributed by atoms with Crippen LogP contribution in [0.25, 0.3) is 0 Å². The maximum absolute atomic E-state index is 8.74. The average molecular weight is 220 g/mol. The standard InChI is InChI=1S/C5H12ClN.H2O4S/c1-5(4-6)7(2)3;1-5(2,3)4/h5H,4H2,1-3H3;(H2,1,2,3,4). The summed E-state index contributed by atoms with van der Waals surface area (Å²) in [7, 11) is -0.625. The molecular weight excluding hydrogens is 206 g/mol. The van der Waals surface area contributed by atoms with E-state index in [1.807, 2.05) is 14.1 Å². The van der Waals surface area contributed by atoms with E-state index in [-0.39, 0.29) is 0 Å². The van der Waals surface area contributed by atoms with Crippen LogP contribution in [-0.2, 0) is 10.4 Å². The Morgan fingerprint density at radius 3 is 1.67 bits per heavy atom. The normalized spacial score (nSPS) is 13.6. The lowest BCUT2D eigenvalue weighted by atomic mass is 10.4. The Hall–Kier alpha value is 0.120. The third kappa shape index (κ3) is 22.5. The van der Waals surface area contributed by atoms with E-state index >= 15 is 0 Å². The predicted molar refractivity (Wildman–Crippen MR) is 48.0 cm³/mol. The summed E-state index contributed by atoms with van der Waals surface area (Å²) in [6.45, 7) is 2.09. The minimum absolute atomic E-state index is 0.502. The van der Waals surface area contributed by atoms with Crippen LogP contribution in [0.15, 0.2) is 0 Å². The summed E-state index contributed by atoms with van der Waals surface area (Å²) in [5.74, 6) is 0.715. The molecule has 76 valence electrons. The first-order valence-electron chi connectivity index (χ1n) is 3.10. The molecule has 0 radical (unpaired) electrons. The Balaban J connectivity index is 0. The molecule has 0 bridgehead atoms. The van der Waals surface area contributed by atoms with Crippen molar-refractivity contribution in [3.05, 3.63) is 0 Å². The van der Waals surface area contributed by atoms with Crippen LogP contribution in [0.2, 0.25) is 0 Å². The van der Waals surface area contributed by atoms with Crippen molar-refractivity contribution in [1.29, 1.82) is 0 Å². The molecule has 0 saturated heterocycles. The van der Waals surface area contributed by atoms with Gasteiger partial charge in [0, 0.05) is 11.9 Å². The monoisotopic (exact) mass is 219 g/mol. The third-order valence-electron chi connectivity index (χ3n) is 1.10. The maximum Gasteiger partial charge on any atom is 0.394 e. The molecule has 0 aromatic carbocycles. The van der Waals surface area contributed by atoms with Crippen molar-refractivity contribution >= 4 is 22.0 Å². The molecule has 0 heterocycles. The quantitative estimate of drug-likeness (QED) is 0.523. The fourth-order valence-corrected chi connectivity index (χ4v) is 0.414. The second-order valence-corrected chi connectivity index (χ2v) is 3.62. The van der Waals surface area contributed by atoms with Crippen LogP contribution in [-0.4, -0.2) is 48.4 Å². The fraction of sp³-hybridized carbons (Fsp3) is 1.00. The number of alkyl halides is 1. The molecule has 0 aliphatic heterocycles. The van der Waals surface area contributed by atoms with Gasteiger partial charge < -0.3 is 4.90 Å². The van der Waals surface area contributed by atoms with Crippen LogP contribution in [0, 0.1) is 0 Å². The maximum atomic E-state index is 8.74. The molecule has 0 spiro atoms. The van der Waals surface area contributed by atoms with Crippen LogP contribution in [0.3, 0.4) is 0 Å². The molecule has 1 unspecified atom stereocenters. The molecule has 7 heteroatoms. The van der Waals surface area contributed by atoms with E-state index in [4.69, 9.17) is 29.1 Å². The molecule has 0 fully saturated rings. The lowest BCUT2D eigenvalue weighted by molar-refractivity contribution is 0.338. The number of hydrogen-bond acceptors (Lipinski definition) is 3. The smallest absolute Gasteiger partial charge is 0.306 e. The summed E-state index contributed by atoms with van der Waals surface area (Å²) in [5, 5.41) is 0. The average Bonchev–Trinajstić information content (AvgIpc) is 1.82. The van der Waals surface area contributed by atoms with Crippen molar-refractivity contribution in [2.75, 3.05) is 20.0 Å². The van der Waals surface area contributed by atoms with Crippen LogP contribution in [0.4, 0.5) is 0 Å². The highest BCUT2D eigenvalue weighted by Crippen LogP contribution is 1.91. The second-order valence-electron chi connectivity index (χ2n) is 2.41. The molecule has 0 aromatic heterocycles. The van der Waals surface area contributed by atoms with Gasteiger partial charge in [-0.05, 0) is 21.0 Å². The van der Waals surface area contributed by atoms with E-state index in [1.165, 1.54) is 0 Å². The van der Waals surface area contributed by atoms with E-state index in [2.05, 4.69) is 11.8 Å². The number of nitrogens with zero attached hydrogens (tertiary/aromatic N) is 1. The molecule has 2 N–H and O–H groups in total. The molecule has 0 rings (SSSR count). The Morgan fingerprint density at radius 2 is 1.67 bits per heavy atom. The Kier molecular flexibility index (Phi) is 8.07. The molecule has 12 heavy (non-hydrogen) atoms. The first-order valence-corrected chi connectivity index (χ1v) is 5.04. The van der Waals surface area contributed by atoms with Gasteiger partial charge in [-0.25, -0.2) is 0 Å². The van der Waals surface area contributed by atoms with Gasteiger partial charge in [-0.1, -0.05) is 0 Å². The largest absolute Gasteiger partial charge is 0.394 e. The summed E-state index contributed by atoms with van der Waals surface area (Å²) in [4.78, 5) is 2.09. The van der Waals surface area contributed by atoms with Gasteiger partial charge in [-0.3, -0.25) is 9.11 Å². The van der Waals surface area contributed by atoms with Crippen molar-refractivity contribution in [2.45, 2.75) is 13.0 Å². The first kappa shape index (κ1) is 14.6. The van der Waals surface area contributed by atoms with Crippen LogP contribution in [0.1, 0.15) is 6.92 Å². The summed E-state index contributed by atoms with van der Waals surface area (Å²) < 4.78 is 31.6. The number of hydrogen-bond donors (Lipinski definition) is 2. The van der Waals surface area contributed by atoms with E-state index in [0.29, 0.717) is 11.9 Å². The first-order chi connectivity index (χ1) is 5.18. The zero-order valence-corrected chi connectivity index (χ0v) is 8.80. The lowest BCUT2D eigenvalue weighted by Crippen LogP contribution is -2.25. The summed E-state index contributed by atoms with van der Waals surface area (Å²) >= 11 is 5.51. The van der Waals surface area contributed by atoms with Crippen LogP contribution < -0.4 is 0 Å². The number of rotatable bonds is 2. The Bertz CT molecular complexity index is 184. The zero-order valence-electron chi connectivity index (χ0n) is 7.23. The van der Waals surface area contributed by atoms with Crippen molar-refractivity contribution < 1.29 is 17.5 Å². The lowest BCUT2D eigenvalue weighted by Gasteiger charge is -2.15. The molecule has 0 aliphatic carbocycles.